The van der Waals surface area contributed by atoms with Gasteiger partial charge in [-0.05, 0) is 40.6 Å². The van der Waals surface area contributed by atoms with Crippen LogP contribution in [0.25, 0.3) is 0 Å². The Hall–Kier alpha value is -0.870. The van der Waals surface area contributed by atoms with Crippen LogP contribution >= 0.6 is 11.3 Å². The second-order valence-corrected chi connectivity index (χ2v) is 6.65. The number of hydrogen-bond donors (Lipinski definition) is 1. The van der Waals surface area contributed by atoms with E-state index >= 15 is 0 Å². The molecule has 1 saturated carbocycles. The topological polar surface area (TPSA) is 32.3 Å². The summed E-state index contributed by atoms with van der Waals surface area (Å²) in [6.45, 7) is 6.45. The van der Waals surface area contributed by atoms with Crippen molar-refractivity contribution in [1.82, 2.24) is 10.2 Å². The maximum absolute atomic E-state index is 12.5. The molecule has 3 nitrogen and oxygen atoms in total. The van der Waals surface area contributed by atoms with Gasteiger partial charge in [-0.2, -0.15) is 11.3 Å². The van der Waals surface area contributed by atoms with Gasteiger partial charge in [0.1, 0.15) is 6.17 Å². The Morgan fingerprint density at radius 2 is 2.22 bits per heavy atom. The highest BCUT2D eigenvalue weighted by atomic mass is 32.1. The van der Waals surface area contributed by atoms with Crippen molar-refractivity contribution in [3.05, 3.63) is 22.4 Å². The van der Waals surface area contributed by atoms with Crippen molar-refractivity contribution in [2.45, 2.75) is 45.4 Å². The van der Waals surface area contributed by atoms with Crippen LogP contribution in [0.15, 0.2) is 16.8 Å². The molecule has 2 fully saturated rings. The van der Waals surface area contributed by atoms with Crippen LogP contribution in [0.3, 0.4) is 0 Å². The van der Waals surface area contributed by atoms with Gasteiger partial charge in [-0.1, -0.05) is 20.8 Å². The summed E-state index contributed by atoms with van der Waals surface area (Å²) in [7, 11) is 0. The molecule has 0 bridgehead atoms. The van der Waals surface area contributed by atoms with Gasteiger partial charge in [0.05, 0.1) is 6.04 Å². The van der Waals surface area contributed by atoms with Gasteiger partial charge in [0.25, 0.3) is 0 Å². The molecule has 1 saturated heterocycles. The molecule has 3 rings (SSSR count). The molecule has 1 aromatic heterocycles. The van der Waals surface area contributed by atoms with E-state index in [4.69, 9.17) is 0 Å². The zero-order valence-corrected chi connectivity index (χ0v) is 11.9. The number of hydrogen-bond acceptors (Lipinski definition) is 3. The monoisotopic (exact) mass is 264 g/mol. The summed E-state index contributed by atoms with van der Waals surface area (Å²) in [5.74, 6) is 1.29. The average Bonchev–Trinajstić information content (AvgIpc) is 2.79. The lowest BCUT2D eigenvalue weighted by Gasteiger charge is -2.23. The molecule has 0 spiro atoms. The van der Waals surface area contributed by atoms with E-state index < -0.39 is 0 Å². The highest BCUT2D eigenvalue weighted by Crippen LogP contribution is 2.42. The third-order valence-corrected chi connectivity index (χ3v) is 4.79. The molecule has 2 heterocycles. The van der Waals surface area contributed by atoms with Gasteiger partial charge in [-0.15, -0.1) is 0 Å². The summed E-state index contributed by atoms with van der Waals surface area (Å²) in [6.07, 6.45) is 1.24. The lowest BCUT2D eigenvalue weighted by Crippen LogP contribution is -2.35. The predicted octanol–water partition coefficient (Wildman–Crippen LogP) is 2.61. The van der Waals surface area contributed by atoms with Crippen molar-refractivity contribution >= 4 is 17.2 Å². The Morgan fingerprint density at radius 3 is 2.72 bits per heavy atom. The maximum atomic E-state index is 12.5. The minimum absolute atomic E-state index is 0.0253. The van der Waals surface area contributed by atoms with Gasteiger partial charge in [-0.3, -0.25) is 10.1 Å². The van der Waals surface area contributed by atoms with Crippen molar-refractivity contribution < 1.29 is 4.79 Å². The standard InChI is InChI=1S/C14H20N2OS/c1-8(2)12-14(17)16(11-6-9(11)3)13(15-12)10-4-5-18-7-10/h4-5,7-9,11-13,15H,6H2,1-3H3. The largest absolute Gasteiger partial charge is 0.318 e. The van der Waals surface area contributed by atoms with Crippen molar-refractivity contribution in [1.29, 1.82) is 0 Å². The minimum atomic E-state index is -0.0253. The van der Waals surface area contributed by atoms with Crippen molar-refractivity contribution in [3.63, 3.8) is 0 Å². The summed E-state index contributed by atoms with van der Waals surface area (Å²) in [5, 5.41) is 7.75. The van der Waals surface area contributed by atoms with Crippen molar-refractivity contribution in [2.75, 3.05) is 0 Å². The molecule has 0 radical (unpaired) electrons. The van der Waals surface area contributed by atoms with Crippen LogP contribution in [0.4, 0.5) is 0 Å². The van der Waals surface area contributed by atoms with E-state index in [0.717, 1.165) is 6.42 Å². The number of rotatable bonds is 3. The van der Waals surface area contributed by atoms with Gasteiger partial charge < -0.3 is 4.90 Å². The second kappa shape index (κ2) is 4.35. The van der Waals surface area contributed by atoms with E-state index in [1.165, 1.54) is 5.56 Å². The Bertz CT molecular complexity index is 443. The number of nitrogens with zero attached hydrogens (tertiary/aromatic N) is 1. The number of thiophene rings is 1. The van der Waals surface area contributed by atoms with E-state index in [9.17, 15) is 4.79 Å². The number of carbonyl (C=O) groups is 1. The first kappa shape index (κ1) is 12.2. The van der Waals surface area contributed by atoms with Crippen LogP contribution in [0.5, 0.6) is 0 Å². The minimum Gasteiger partial charge on any atom is -0.318 e. The molecular formula is C14H20N2OS. The molecule has 1 N–H and O–H groups in total. The van der Waals surface area contributed by atoms with Gasteiger partial charge in [0.2, 0.25) is 5.91 Å². The third kappa shape index (κ3) is 1.88. The Balaban J connectivity index is 1.89. The third-order valence-electron chi connectivity index (χ3n) is 4.09. The SMILES string of the molecule is CC(C)C1NC(c2ccsc2)N(C2CC2C)C1=O. The first-order valence-electron chi connectivity index (χ1n) is 6.70. The molecule has 98 valence electrons. The van der Waals surface area contributed by atoms with Crippen molar-refractivity contribution in [2.24, 2.45) is 11.8 Å². The predicted molar refractivity (Wildman–Crippen MR) is 73.2 cm³/mol. The molecule has 1 aromatic rings. The van der Waals surface area contributed by atoms with Crippen LogP contribution in [0.2, 0.25) is 0 Å². The van der Waals surface area contributed by atoms with E-state index in [1.807, 2.05) is 0 Å². The highest BCUT2D eigenvalue weighted by Gasteiger charge is 2.50. The van der Waals surface area contributed by atoms with Crippen LogP contribution in [-0.4, -0.2) is 22.9 Å². The van der Waals surface area contributed by atoms with E-state index in [1.54, 1.807) is 11.3 Å². The number of amides is 1. The lowest BCUT2D eigenvalue weighted by atomic mass is 10.1. The maximum Gasteiger partial charge on any atom is 0.241 e. The van der Waals surface area contributed by atoms with E-state index in [2.05, 4.69) is 47.8 Å². The second-order valence-electron chi connectivity index (χ2n) is 5.87. The highest BCUT2D eigenvalue weighted by molar-refractivity contribution is 7.07. The molecule has 4 atom stereocenters. The summed E-state index contributed by atoms with van der Waals surface area (Å²) in [4.78, 5) is 14.6. The van der Waals surface area contributed by atoms with Crippen LogP contribution in [0, 0.1) is 11.8 Å². The van der Waals surface area contributed by atoms with Gasteiger partial charge in [-0.25, -0.2) is 0 Å². The molecule has 0 aromatic carbocycles. The molecular weight excluding hydrogens is 244 g/mol. The first-order valence-corrected chi connectivity index (χ1v) is 7.64. The zero-order valence-electron chi connectivity index (χ0n) is 11.1. The van der Waals surface area contributed by atoms with E-state index in [0.29, 0.717) is 17.9 Å². The quantitative estimate of drug-likeness (QED) is 0.910. The molecule has 4 unspecified atom stereocenters. The smallest absolute Gasteiger partial charge is 0.241 e. The Morgan fingerprint density at radius 1 is 1.50 bits per heavy atom. The summed E-state index contributed by atoms with van der Waals surface area (Å²) >= 11 is 1.69. The Labute approximate surface area is 112 Å². The van der Waals surface area contributed by atoms with E-state index in [-0.39, 0.29) is 18.1 Å². The molecule has 4 heteroatoms. The van der Waals surface area contributed by atoms with Gasteiger partial charge in [0.15, 0.2) is 0 Å². The molecule has 1 aliphatic carbocycles. The van der Waals surface area contributed by atoms with Crippen LogP contribution < -0.4 is 5.32 Å². The summed E-state index contributed by atoms with van der Waals surface area (Å²) in [5.41, 5.74) is 1.23. The zero-order chi connectivity index (χ0) is 12.9. The van der Waals surface area contributed by atoms with Crippen LogP contribution in [-0.2, 0) is 4.79 Å². The van der Waals surface area contributed by atoms with Gasteiger partial charge >= 0.3 is 0 Å². The fraction of sp³-hybridized carbons (Fsp3) is 0.643. The van der Waals surface area contributed by atoms with Crippen LogP contribution in [0.1, 0.15) is 38.9 Å². The molecule has 2 aliphatic rings. The normalized spacial score (nSPS) is 35.6. The fourth-order valence-corrected chi connectivity index (χ4v) is 3.50. The lowest BCUT2D eigenvalue weighted by molar-refractivity contribution is -0.131. The molecule has 18 heavy (non-hydrogen) atoms. The summed E-state index contributed by atoms with van der Waals surface area (Å²) < 4.78 is 0. The average molecular weight is 264 g/mol. The van der Waals surface area contributed by atoms with Crippen molar-refractivity contribution in [3.8, 4) is 0 Å². The molecule has 1 amide bonds. The van der Waals surface area contributed by atoms with Gasteiger partial charge in [0, 0.05) is 6.04 Å². The molecule has 1 aliphatic heterocycles. The first-order chi connectivity index (χ1) is 8.59. The Kier molecular flexibility index (Phi) is 2.94. The number of carbonyl (C=O) groups excluding carboxylic acids is 1. The number of nitrogens with one attached hydrogen (secondary N) is 1. The fourth-order valence-electron chi connectivity index (χ4n) is 2.82. The summed E-state index contributed by atoms with van der Waals surface area (Å²) in [6, 6.07) is 2.54.